The van der Waals surface area contributed by atoms with Crippen LogP contribution in [0.1, 0.15) is 35.4 Å². The zero-order valence-corrected chi connectivity index (χ0v) is 17.1. The zero-order valence-electron chi connectivity index (χ0n) is 17.1. The van der Waals surface area contributed by atoms with E-state index in [4.69, 9.17) is 4.74 Å². The summed E-state index contributed by atoms with van der Waals surface area (Å²) in [4.78, 5) is 31.4. The number of ether oxygens (including phenoxy) is 2. The number of hydrogen-bond donors (Lipinski definition) is 2. The standard InChI is InChI=1S/C20H16F6N4O4/c21-19(22,23)14-4-2-11(5-28-14)33-7-15(31)29-17-8-18(9-17,10-17)30-16(32)13-3-1-12(6-27-13)34-20(24,25)26/h1-6H,7-10H2,(H,29,31)(H,30,32). The molecule has 3 fully saturated rings. The third-order valence-corrected chi connectivity index (χ3v) is 5.41. The Labute approximate surface area is 187 Å². The fourth-order valence-corrected chi connectivity index (χ4v) is 4.18. The second-order valence-electron chi connectivity index (χ2n) is 8.19. The minimum atomic E-state index is -4.87. The zero-order chi connectivity index (χ0) is 24.8. The van der Waals surface area contributed by atoms with E-state index in [1.165, 1.54) is 0 Å². The van der Waals surface area contributed by atoms with Crippen molar-refractivity contribution in [1.29, 1.82) is 0 Å². The van der Waals surface area contributed by atoms with E-state index in [0.29, 0.717) is 19.3 Å². The van der Waals surface area contributed by atoms with Gasteiger partial charge in [0.1, 0.15) is 22.9 Å². The molecule has 0 aromatic carbocycles. The van der Waals surface area contributed by atoms with Crippen LogP contribution < -0.4 is 20.1 Å². The second kappa shape index (κ2) is 8.02. The summed E-state index contributed by atoms with van der Waals surface area (Å²) < 4.78 is 82.9. The summed E-state index contributed by atoms with van der Waals surface area (Å²) in [5.41, 5.74) is -2.24. The van der Waals surface area contributed by atoms with Crippen molar-refractivity contribution in [3.05, 3.63) is 48.0 Å². The molecule has 0 aliphatic heterocycles. The lowest BCUT2D eigenvalue weighted by Crippen LogP contribution is -2.84. The molecule has 8 nitrogen and oxygen atoms in total. The highest BCUT2D eigenvalue weighted by molar-refractivity contribution is 5.93. The quantitative estimate of drug-likeness (QED) is 0.579. The Balaban J connectivity index is 1.21. The minimum Gasteiger partial charge on any atom is -0.482 e. The lowest BCUT2D eigenvalue weighted by molar-refractivity contribution is -0.274. The Morgan fingerprint density at radius 3 is 2.03 bits per heavy atom. The maximum atomic E-state index is 12.5. The van der Waals surface area contributed by atoms with E-state index in [1.807, 2.05) is 0 Å². The van der Waals surface area contributed by atoms with E-state index in [1.54, 1.807) is 0 Å². The lowest BCUT2D eigenvalue weighted by Gasteiger charge is -2.70. The van der Waals surface area contributed by atoms with Crippen LogP contribution in [0.3, 0.4) is 0 Å². The third-order valence-electron chi connectivity index (χ3n) is 5.41. The predicted molar refractivity (Wildman–Crippen MR) is 101 cm³/mol. The van der Waals surface area contributed by atoms with Crippen LogP contribution in [0.4, 0.5) is 26.3 Å². The largest absolute Gasteiger partial charge is 0.573 e. The van der Waals surface area contributed by atoms with Gasteiger partial charge in [0.2, 0.25) is 0 Å². The predicted octanol–water partition coefficient (Wildman–Crippen LogP) is 2.99. The SMILES string of the molecule is O=C(COc1ccc(C(F)(F)F)nc1)NC12CC(NC(=O)c3ccc(OC(F)(F)F)cn3)(C1)C2. The Hall–Kier alpha value is -3.58. The number of carbonyl (C=O) groups excluding carboxylic acids is 2. The highest BCUT2D eigenvalue weighted by Crippen LogP contribution is 2.60. The van der Waals surface area contributed by atoms with Crippen molar-refractivity contribution < 1.29 is 45.4 Å². The average molecular weight is 490 g/mol. The van der Waals surface area contributed by atoms with Gasteiger partial charge < -0.3 is 20.1 Å². The summed E-state index contributed by atoms with van der Waals surface area (Å²) in [6.45, 7) is -0.426. The Morgan fingerprint density at radius 1 is 0.882 bits per heavy atom. The Morgan fingerprint density at radius 2 is 1.50 bits per heavy atom. The highest BCUT2D eigenvalue weighted by atomic mass is 19.4. The first-order valence-corrected chi connectivity index (χ1v) is 9.78. The third kappa shape index (κ3) is 5.15. The summed E-state index contributed by atoms with van der Waals surface area (Å²) >= 11 is 0. The number of pyridine rings is 2. The number of nitrogens with zero attached hydrogens (tertiary/aromatic N) is 2. The van der Waals surface area contributed by atoms with Gasteiger partial charge in [-0.2, -0.15) is 13.2 Å². The number of rotatable bonds is 7. The molecule has 2 aromatic heterocycles. The maximum Gasteiger partial charge on any atom is 0.573 e. The topological polar surface area (TPSA) is 102 Å². The number of amides is 2. The molecule has 3 aliphatic rings. The number of hydrogen-bond acceptors (Lipinski definition) is 6. The van der Waals surface area contributed by atoms with Crippen molar-refractivity contribution in [3.63, 3.8) is 0 Å². The van der Waals surface area contributed by atoms with Gasteiger partial charge in [-0.15, -0.1) is 13.2 Å². The molecule has 2 bridgehead atoms. The van der Waals surface area contributed by atoms with Gasteiger partial charge in [-0.25, -0.2) is 9.97 Å². The monoisotopic (exact) mass is 490 g/mol. The normalized spacial score (nSPS) is 23.2. The smallest absolute Gasteiger partial charge is 0.482 e. The molecular weight excluding hydrogens is 474 g/mol. The number of halogens is 6. The molecule has 182 valence electrons. The molecule has 5 rings (SSSR count). The van der Waals surface area contributed by atoms with Crippen molar-refractivity contribution in [3.8, 4) is 11.5 Å². The van der Waals surface area contributed by atoms with E-state index < -0.39 is 53.5 Å². The van der Waals surface area contributed by atoms with Crippen LogP contribution in [-0.2, 0) is 11.0 Å². The summed E-state index contributed by atoms with van der Waals surface area (Å²) in [5, 5.41) is 5.55. The van der Waals surface area contributed by atoms with E-state index >= 15 is 0 Å². The maximum absolute atomic E-state index is 12.5. The van der Waals surface area contributed by atoms with Crippen LogP contribution in [0.5, 0.6) is 11.5 Å². The van der Waals surface area contributed by atoms with Crippen LogP contribution in [-0.4, -0.2) is 45.8 Å². The van der Waals surface area contributed by atoms with Gasteiger partial charge >= 0.3 is 12.5 Å². The Kier molecular flexibility index (Phi) is 5.56. The lowest BCUT2D eigenvalue weighted by atomic mass is 9.44. The second-order valence-corrected chi connectivity index (χ2v) is 8.19. The van der Waals surface area contributed by atoms with Crippen LogP contribution in [0, 0.1) is 0 Å². The number of aromatic nitrogens is 2. The summed E-state index contributed by atoms with van der Waals surface area (Å²) in [7, 11) is 0. The van der Waals surface area contributed by atoms with Crippen molar-refractivity contribution >= 4 is 11.8 Å². The minimum absolute atomic E-state index is 0.00336. The number of alkyl halides is 6. The van der Waals surface area contributed by atoms with E-state index in [9.17, 15) is 35.9 Å². The van der Waals surface area contributed by atoms with Crippen molar-refractivity contribution in [2.45, 2.75) is 42.9 Å². The van der Waals surface area contributed by atoms with Crippen LogP contribution in [0.15, 0.2) is 36.7 Å². The molecule has 3 saturated carbocycles. The Bertz CT molecular complexity index is 1070. The van der Waals surface area contributed by atoms with Gasteiger partial charge in [0.25, 0.3) is 11.8 Å². The van der Waals surface area contributed by atoms with Gasteiger partial charge in [0.05, 0.1) is 12.4 Å². The van der Waals surface area contributed by atoms with Gasteiger partial charge in [0, 0.05) is 11.1 Å². The average Bonchev–Trinajstić information content (AvgIpc) is 2.68. The van der Waals surface area contributed by atoms with Gasteiger partial charge in [-0.3, -0.25) is 9.59 Å². The molecule has 2 N–H and O–H groups in total. The molecule has 14 heteroatoms. The summed E-state index contributed by atoms with van der Waals surface area (Å²) in [6.07, 6.45) is -6.46. The first-order chi connectivity index (χ1) is 15.8. The van der Waals surface area contributed by atoms with Crippen molar-refractivity contribution in [1.82, 2.24) is 20.6 Å². The molecule has 2 aromatic rings. The van der Waals surface area contributed by atoms with Crippen LogP contribution in [0.25, 0.3) is 0 Å². The molecule has 34 heavy (non-hydrogen) atoms. The van der Waals surface area contributed by atoms with Gasteiger partial charge in [0.15, 0.2) is 6.61 Å². The molecule has 0 saturated heterocycles. The molecule has 2 heterocycles. The fraction of sp³-hybridized carbons (Fsp3) is 0.400. The van der Waals surface area contributed by atoms with Crippen molar-refractivity contribution in [2.24, 2.45) is 0 Å². The number of carbonyl (C=O) groups is 2. The fourth-order valence-electron chi connectivity index (χ4n) is 4.18. The molecule has 2 amide bonds. The van der Waals surface area contributed by atoms with Gasteiger partial charge in [-0.1, -0.05) is 0 Å². The molecule has 0 atom stereocenters. The van der Waals surface area contributed by atoms with Crippen LogP contribution in [0.2, 0.25) is 0 Å². The first-order valence-electron chi connectivity index (χ1n) is 9.78. The molecule has 3 aliphatic carbocycles. The van der Waals surface area contributed by atoms with E-state index in [2.05, 4.69) is 25.3 Å². The molecule has 0 radical (unpaired) electrons. The van der Waals surface area contributed by atoms with Crippen LogP contribution >= 0.6 is 0 Å². The highest BCUT2D eigenvalue weighted by Gasteiger charge is 2.69. The first kappa shape index (κ1) is 23.6. The van der Waals surface area contributed by atoms with E-state index in [0.717, 1.165) is 36.7 Å². The van der Waals surface area contributed by atoms with Crippen molar-refractivity contribution in [2.75, 3.05) is 6.61 Å². The molecule has 0 unspecified atom stereocenters. The summed E-state index contributed by atoms with van der Waals surface area (Å²) in [5.74, 6) is -1.60. The summed E-state index contributed by atoms with van der Waals surface area (Å²) in [6, 6.07) is 3.88. The van der Waals surface area contributed by atoms with E-state index in [-0.39, 0.29) is 11.4 Å². The molecular formula is C20H16F6N4O4. The number of nitrogens with one attached hydrogen (secondary N) is 2. The molecule has 0 spiro atoms. The van der Waals surface area contributed by atoms with Gasteiger partial charge in [-0.05, 0) is 43.5 Å².